The molecule has 0 saturated carbocycles. The number of anilines is 1. The summed E-state index contributed by atoms with van der Waals surface area (Å²) in [6.45, 7) is 4.05. The molecule has 140 valence electrons. The molecule has 6 nitrogen and oxygen atoms in total. The van der Waals surface area contributed by atoms with E-state index >= 15 is 0 Å². The summed E-state index contributed by atoms with van der Waals surface area (Å²) in [6.07, 6.45) is 0. The van der Waals surface area contributed by atoms with Crippen LogP contribution in [-0.2, 0) is 11.4 Å². The maximum absolute atomic E-state index is 12.1. The summed E-state index contributed by atoms with van der Waals surface area (Å²) < 4.78 is 11.1. The lowest BCUT2D eigenvalue weighted by atomic mass is 10.2. The highest BCUT2D eigenvalue weighted by molar-refractivity contribution is 7.99. The fourth-order valence-corrected chi connectivity index (χ4v) is 3.09. The maximum atomic E-state index is 12.1. The van der Waals surface area contributed by atoms with Gasteiger partial charge in [0, 0.05) is 10.7 Å². The zero-order chi connectivity index (χ0) is 19.2. The van der Waals surface area contributed by atoms with Crippen LogP contribution in [0.3, 0.4) is 0 Å². The second-order valence-electron chi connectivity index (χ2n) is 5.86. The SMILES string of the molecule is Cc1cccc(OCc2nnc(SCC(=O)Nc3ccc(Cl)cc3C)o2)c1. The molecule has 0 bridgehead atoms. The number of halogens is 1. The van der Waals surface area contributed by atoms with E-state index in [1.807, 2.05) is 38.1 Å². The number of hydrogen-bond acceptors (Lipinski definition) is 6. The topological polar surface area (TPSA) is 77.2 Å². The van der Waals surface area contributed by atoms with Gasteiger partial charge in [-0.1, -0.05) is 35.5 Å². The van der Waals surface area contributed by atoms with Crippen LogP contribution < -0.4 is 10.1 Å². The van der Waals surface area contributed by atoms with Gasteiger partial charge in [0.25, 0.3) is 11.1 Å². The van der Waals surface area contributed by atoms with Gasteiger partial charge in [0.1, 0.15) is 5.75 Å². The molecule has 0 fully saturated rings. The summed E-state index contributed by atoms with van der Waals surface area (Å²) in [7, 11) is 0. The van der Waals surface area contributed by atoms with Crippen LogP contribution in [0.5, 0.6) is 5.75 Å². The number of ether oxygens (including phenoxy) is 1. The first kappa shape index (κ1) is 19.3. The molecule has 27 heavy (non-hydrogen) atoms. The Morgan fingerprint density at radius 1 is 1.22 bits per heavy atom. The molecule has 0 unspecified atom stereocenters. The van der Waals surface area contributed by atoms with Crippen LogP contribution >= 0.6 is 23.4 Å². The maximum Gasteiger partial charge on any atom is 0.277 e. The minimum Gasteiger partial charge on any atom is -0.484 e. The standard InChI is InChI=1S/C19H18ClN3O3S/c1-12-4-3-5-15(8-12)25-10-18-22-23-19(26-18)27-11-17(24)21-16-7-6-14(20)9-13(16)2/h3-9H,10-11H2,1-2H3,(H,21,24). The molecule has 0 aliphatic rings. The lowest BCUT2D eigenvalue weighted by molar-refractivity contribution is -0.113. The van der Waals surface area contributed by atoms with Crippen molar-refractivity contribution in [3.05, 3.63) is 64.5 Å². The Balaban J connectivity index is 1.48. The number of nitrogens with zero attached hydrogens (tertiary/aromatic N) is 2. The fraction of sp³-hybridized carbons (Fsp3) is 0.211. The van der Waals surface area contributed by atoms with Crippen LogP contribution in [0.25, 0.3) is 0 Å². The van der Waals surface area contributed by atoms with Crippen LogP contribution in [0.1, 0.15) is 17.0 Å². The average Bonchev–Trinajstić information content (AvgIpc) is 3.09. The van der Waals surface area contributed by atoms with Gasteiger partial charge in [-0.2, -0.15) is 0 Å². The zero-order valence-electron chi connectivity index (χ0n) is 14.9. The quantitative estimate of drug-likeness (QED) is 0.578. The van der Waals surface area contributed by atoms with Gasteiger partial charge in [-0.25, -0.2) is 0 Å². The Hall–Kier alpha value is -2.51. The van der Waals surface area contributed by atoms with Gasteiger partial charge < -0.3 is 14.5 Å². The van der Waals surface area contributed by atoms with Crippen molar-refractivity contribution in [3.63, 3.8) is 0 Å². The number of thioether (sulfide) groups is 1. The largest absolute Gasteiger partial charge is 0.484 e. The number of rotatable bonds is 7. The molecule has 3 rings (SSSR count). The second-order valence-corrected chi connectivity index (χ2v) is 7.23. The molecule has 8 heteroatoms. The normalized spacial score (nSPS) is 10.6. The molecule has 1 N–H and O–H groups in total. The van der Waals surface area contributed by atoms with E-state index in [0.717, 1.165) is 22.6 Å². The molecule has 0 radical (unpaired) electrons. The van der Waals surface area contributed by atoms with Crippen LogP contribution in [0.15, 0.2) is 52.1 Å². The van der Waals surface area contributed by atoms with Gasteiger partial charge in [-0.15, -0.1) is 10.2 Å². The Morgan fingerprint density at radius 3 is 2.85 bits per heavy atom. The van der Waals surface area contributed by atoms with Gasteiger partial charge in [-0.3, -0.25) is 4.79 Å². The minimum atomic E-state index is -0.166. The number of amides is 1. The van der Waals surface area contributed by atoms with Gasteiger partial charge in [-0.05, 0) is 55.3 Å². The predicted octanol–water partition coefficient (Wildman–Crippen LogP) is 4.65. The number of aromatic nitrogens is 2. The Kier molecular flexibility index (Phi) is 6.36. The van der Waals surface area contributed by atoms with Crippen molar-refractivity contribution in [2.75, 3.05) is 11.1 Å². The molecule has 0 aliphatic carbocycles. The number of aryl methyl sites for hydroxylation is 2. The van der Waals surface area contributed by atoms with E-state index in [2.05, 4.69) is 15.5 Å². The van der Waals surface area contributed by atoms with Crippen LogP contribution in [0, 0.1) is 13.8 Å². The van der Waals surface area contributed by atoms with Gasteiger partial charge >= 0.3 is 0 Å². The van der Waals surface area contributed by atoms with Crippen LogP contribution in [-0.4, -0.2) is 21.9 Å². The van der Waals surface area contributed by atoms with Crippen molar-refractivity contribution in [2.45, 2.75) is 25.7 Å². The second kappa shape index (κ2) is 8.92. The molecule has 3 aromatic rings. The van der Waals surface area contributed by atoms with E-state index in [4.69, 9.17) is 20.8 Å². The molecule has 0 atom stereocenters. The molecular formula is C19H18ClN3O3S. The van der Waals surface area contributed by atoms with E-state index in [1.54, 1.807) is 18.2 Å². The number of carbonyl (C=O) groups excluding carboxylic acids is 1. The molecule has 1 amide bonds. The summed E-state index contributed by atoms with van der Waals surface area (Å²) in [5.74, 6) is 1.08. The first-order valence-electron chi connectivity index (χ1n) is 8.20. The summed E-state index contributed by atoms with van der Waals surface area (Å²) in [5.41, 5.74) is 2.73. The molecular weight excluding hydrogens is 386 g/mol. The first-order chi connectivity index (χ1) is 13.0. The molecule has 0 saturated heterocycles. The Labute approximate surface area is 166 Å². The van der Waals surface area contributed by atoms with Crippen molar-refractivity contribution in [3.8, 4) is 5.75 Å². The number of benzene rings is 2. The summed E-state index contributed by atoms with van der Waals surface area (Å²) in [5, 5.41) is 11.6. The lowest BCUT2D eigenvalue weighted by Gasteiger charge is -2.07. The third kappa shape index (κ3) is 5.74. The molecule has 1 heterocycles. The number of hydrogen-bond donors (Lipinski definition) is 1. The highest BCUT2D eigenvalue weighted by Gasteiger charge is 2.11. The van der Waals surface area contributed by atoms with E-state index in [0.29, 0.717) is 16.1 Å². The molecule has 1 aromatic heterocycles. The average molecular weight is 404 g/mol. The van der Waals surface area contributed by atoms with Gasteiger partial charge in [0.2, 0.25) is 5.91 Å². The van der Waals surface area contributed by atoms with Gasteiger partial charge in [0.15, 0.2) is 6.61 Å². The van der Waals surface area contributed by atoms with Crippen LogP contribution in [0.4, 0.5) is 5.69 Å². The lowest BCUT2D eigenvalue weighted by Crippen LogP contribution is -2.14. The summed E-state index contributed by atoms with van der Waals surface area (Å²) >= 11 is 7.08. The third-order valence-electron chi connectivity index (χ3n) is 3.59. The predicted molar refractivity (Wildman–Crippen MR) is 105 cm³/mol. The van der Waals surface area contributed by atoms with Crippen molar-refractivity contribution in [1.82, 2.24) is 10.2 Å². The Bertz CT molecular complexity index is 945. The van der Waals surface area contributed by atoms with Crippen molar-refractivity contribution in [2.24, 2.45) is 0 Å². The van der Waals surface area contributed by atoms with E-state index in [1.165, 1.54) is 11.8 Å². The highest BCUT2D eigenvalue weighted by atomic mass is 35.5. The molecule has 0 spiro atoms. The summed E-state index contributed by atoms with van der Waals surface area (Å²) in [6, 6.07) is 13.0. The molecule has 0 aliphatic heterocycles. The monoisotopic (exact) mass is 403 g/mol. The Morgan fingerprint density at radius 2 is 2.07 bits per heavy atom. The van der Waals surface area contributed by atoms with Crippen molar-refractivity contribution >= 4 is 35.0 Å². The fourth-order valence-electron chi connectivity index (χ4n) is 2.29. The van der Waals surface area contributed by atoms with Crippen molar-refractivity contribution < 1.29 is 13.9 Å². The summed E-state index contributed by atoms with van der Waals surface area (Å²) in [4.78, 5) is 12.1. The minimum absolute atomic E-state index is 0.155. The van der Waals surface area contributed by atoms with Gasteiger partial charge in [0.05, 0.1) is 5.75 Å². The van der Waals surface area contributed by atoms with Crippen LogP contribution in [0.2, 0.25) is 5.02 Å². The third-order valence-corrected chi connectivity index (χ3v) is 4.64. The zero-order valence-corrected chi connectivity index (χ0v) is 16.4. The highest BCUT2D eigenvalue weighted by Crippen LogP contribution is 2.21. The first-order valence-corrected chi connectivity index (χ1v) is 9.56. The van der Waals surface area contributed by atoms with Crippen molar-refractivity contribution in [1.29, 1.82) is 0 Å². The molecule has 2 aromatic carbocycles. The smallest absolute Gasteiger partial charge is 0.277 e. The number of carbonyl (C=O) groups is 1. The van der Waals surface area contributed by atoms with E-state index in [9.17, 15) is 4.79 Å². The van der Waals surface area contributed by atoms with E-state index < -0.39 is 0 Å². The number of nitrogens with one attached hydrogen (secondary N) is 1. The van der Waals surface area contributed by atoms with E-state index in [-0.39, 0.29) is 18.3 Å².